The van der Waals surface area contributed by atoms with Crippen molar-refractivity contribution < 1.29 is 19.1 Å². The van der Waals surface area contributed by atoms with Gasteiger partial charge in [0, 0.05) is 24.0 Å². The highest BCUT2D eigenvalue weighted by Crippen LogP contribution is 2.19. The third-order valence-electron chi connectivity index (χ3n) is 3.80. The van der Waals surface area contributed by atoms with Crippen LogP contribution in [0.15, 0.2) is 28.7 Å². The standard InChI is InChI=1S/C17H22BrNO4/c1-2-16(20)19-8-4-5-13(12-19)17(21)23-10-9-22-15-7-3-6-14(18)11-15/h3,6-7,11,13H,2,4-5,8-10,12H2,1H3. The molecule has 0 spiro atoms. The van der Waals surface area contributed by atoms with Gasteiger partial charge >= 0.3 is 5.97 Å². The van der Waals surface area contributed by atoms with Crippen LogP contribution in [0.25, 0.3) is 0 Å². The van der Waals surface area contributed by atoms with Crippen LogP contribution in [0.5, 0.6) is 5.75 Å². The minimum absolute atomic E-state index is 0.0977. The lowest BCUT2D eigenvalue weighted by Crippen LogP contribution is -2.42. The summed E-state index contributed by atoms with van der Waals surface area (Å²) in [5, 5.41) is 0. The zero-order valence-corrected chi connectivity index (χ0v) is 14.9. The molecular formula is C17H22BrNO4. The lowest BCUT2D eigenvalue weighted by Gasteiger charge is -2.31. The molecule has 1 aliphatic heterocycles. The molecule has 0 saturated carbocycles. The Kier molecular flexibility index (Phi) is 6.89. The summed E-state index contributed by atoms with van der Waals surface area (Å²) in [7, 11) is 0. The Morgan fingerprint density at radius 1 is 1.35 bits per heavy atom. The van der Waals surface area contributed by atoms with E-state index in [-0.39, 0.29) is 24.4 Å². The minimum atomic E-state index is -0.239. The molecule has 1 unspecified atom stereocenters. The van der Waals surface area contributed by atoms with Gasteiger partial charge in [-0.3, -0.25) is 9.59 Å². The van der Waals surface area contributed by atoms with Gasteiger partial charge in [0.15, 0.2) is 0 Å². The van der Waals surface area contributed by atoms with E-state index in [9.17, 15) is 9.59 Å². The normalized spacial score (nSPS) is 17.7. The average Bonchev–Trinajstić information content (AvgIpc) is 2.58. The molecule has 6 heteroatoms. The number of hydrogen-bond donors (Lipinski definition) is 0. The topological polar surface area (TPSA) is 55.8 Å². The fraction of sp³-hybridized carbons (Fsp3) is 0.529. The molecule has 1 amide bonds. The maximum atomic E-state index is 12.1. The molecule has 0 radical (unpaired) electrons. The van der Waals surface area contributed by atoms with Gasteiger partial charge in [0.2, 0.25) is 5.91 Å². The molecule has 1 saturated heterocycles. The van der Waals surface area contributed by atoms with E-state index in [2.05, 4.69) is 15.9 Å². The number of likely N-dealkylation sites (tertiary alicyclic amines) is 1. The fourth-order valence-corrected chi connectivity index (χ4v) is 2.97. The van der Waals surface area contributed by atoms with Crippen LogP contribution in [0.2, 0.25) is 0 Å². The quantitative estimate of drug-likeness (QED) is 0.559. The molecule has 0 aliphatic carbocycles. The summed E-state index contributed by atoms with van der Waals surface area (Å²) in [6, 6.07) is 7.51. The molecule has 23 heavy (non-hydrogen) atoms. The van der Waals surface area contributed by atoms with Crippen molar-refractivity contribution in [3.63, 3.8) is 0 Å². The first-order valence-corrected chi connectivity index (χ1v) is 8.72. The van der Waals surface area contributed by atoms with Crippen molar-refractivity contribution in [2.75, 3.05) is 26.3 Å². The second kappa shape index (κ2) is 8.91. The van der Waals surface area contributed by atoms with Crippen LogP contribution in [0.1, 0.15) is 26.2 Å². The zero-order valence-electron chi connectivity index (χ0n) is 13.3. The molecule has 2 rings (SSSR count). The van der Waals surface area contributed by atoms with Crippen LogP contribution in [-0.2, 0) is 14.3 Å². The van der Waals surface area contributed by atoms with Gasteiger partial charge in [-0.2, -0.15) is 0 Å². The van der Waals surface area contributed by atoms with E-state index in [1.807, 2.05) is 31.2 Å². The molecule has 0 N–H and O–H groups in total. The average molecular weight is 384 g/mol. The first-order valence-electron chi connectivity index (χ1n) is 7.93. The second-order valence-electron chi connectivity index (χ2n) is 5.51. The highest BCUT2D eigenvalue weighted by atomic mass is 79.9. The van der Waals surface area contributed by atoms with Gasteiger partial charge in [0.25, 0.3) is 0 Å². The minimum Gasteiger partial charge on any atom is -0.490 e. The van der Waals surface area contributed by atoms with E-state index < -0.39 is 0 Å². The van der Waals surface area contributed by atoms with Crippen molar-refractivity contribution in [2.24, 2.45) is 5.92 Å². The number of esters is 1. The van der Waals surface area contributed by atoms with Gasteiger partial charge in [0.1, 0.15) is 19.0 Å². The zero-order chi connectivity index (χ0) is 16.7. The third kappa shape index (κ3) is 5.53. The van der Waals surface area contributed by atoms with Gasteiger partial charge in [-0.15, -0.1) is 0 Å². The molecule has 1 aromatic rings. The van der Waals surface area contributed by atoms with E-state index >= 15 is 0 Å². The Labute approximate surface area is 145 Å². The largest absolute Gasteiger partial charge is 0.490 e. The number of benzene rings is 1. The van der Waals surface area contributed by atoms with Crippen molar-refractivity contribution in [3.05, 3.63) is 28.7 Å². The fourth-order valence-electron chi connectivity index (χ4n) is 2.60. The van der Waals surface area contributed by atoms with E-state index in [0.29, 0.717) is 19.6 Å². The lowest BCUT2D eigenvalue weighted by molar-refractivity contribution is -0.152. The molecule has 1 fully saturated rings. The summed E-state index contributed by atoms with van der Waals surface area (Å²) >= 11 is 3.37. The Bertz CT molecular complexity index is 549. The number of carbonyl (C=O) groups is 2. The monoisotopic (exact) mass is 383 g/mol. The summed E-state index contributed by atoms with van der Waals surface area (Å²) < 4.78 is 11.8. The highest BCUT2D eigenvalue weighted by Gasteiger charge is 2.28. The molecule has 1 aliphatic rings. The van der Waals surface area contributed by atoms with Gasteiger partial charge in [-0.25, -0.2) is 0 Å². The van der Waals surface area contributed by atoms with Crippen molar-refractivity contribution in [1.29, 1.82) is 0 Å². The van der Waals surface area contributed by atoms with E-state index in [0.717, 1.165) is 29.6 Å². The Morgan fingerprint density at radius 2 is 2.17 bits per heavy atom. The summed E-state index contributed by atoms with van der Waals surface area (Å²) in [6.07, 6.45) is 2.10. The van der Waals surface area contributed by atoms with Crippen molar-refractivity contribution in [3.8, 4) is 5.75 Å². The second-order valence-corrected chi connectivity index (χ2v) is 6.42. The highest BCUT2D eigenvalue weighted by molar-refractivity contribution is 9.10. The molecule has 1 aromatic carbocycles. The maximum absolute atomic E-state index is 12.1. The SMILES string of the molecule is CCC(=O)N1CCCC(C(=O)OCCOc2cccc(Br)c2)C1. The van der Waals surface area contributed by atoms with Crippen LogP contribution in [-0.4, -0.2) is 43.1 Å². The number of piperidine rings is 1. The number of carbonyl (C=O) groups excluding carboxylic acids is 2. The Hall–Kier alpha value is -1.56. The first kappa shape index (κ1) is 17.8. The van der Waals surface area contributed by atoms with Crippen molar-refractivity contribution >= 4 is 27.8 Å². The smallest absolute Gasteiger partial charge is 0.310 e. The van der Waals surface area contributed by atoms with Crippen molar-refractivity contribution in [1.82, 2.24) is 4.90 Å². The molecule has 126 valence electrons. The molecule has 1 atom stereocenters. The van der Waals surface area contributed by atoms with Crippen LogP contribution < -0.4 is 4.74 Å². The van der Waals surface area contributed by atoms with Gasteiger partial charge in [-0.05, 0) is 31.0 Å². The summed E-state index contributed by atoms with van der Waals surface area (Å²) in [5.74, 6) is 0.370. The maximum Gasteiger partial charge on any atom is 0.310 e. The van der Waals surface area contributed by atoms with E-state index in [1.165, 1.54) is 0 Å². The Morgan fingerprint density at radius 3 is 2.91 bits per heavy atom. The molecule has 0 aromatic heterocycles. The predicted molar refractivity (Wildman–Crippen MR) is 90.2 cm³/mol. The summed E-state index contributed by atoms with van der Waals surface area (Å²) in [4.78, 5) is 25.6. The number of nitrogens with zero attached hydrogens (tertiary/aromatic N) is 1. The number of rotatable bonds is 6. The number of hydrogen-bond acceptors (Lipinski definition) is 4. The summed E-state index contributed by atoms with van der Waals surface area (Å²) in [5.41, 5.74) is 0. The number of ether oxygens (including phenoxy) is 2. The number of amides is 1. The van der Waals surface area contributed by atoms with E-state index in [1.54, 1.807) is 4.90 Å². The first-order chi connectivity index (χ1) is 11.1. The predicted octanol–water partition coefficient (Wildman–Crippen LogP) is 3.02. The van der Waals surface area contributed by atoms with Crippen LogP contribution in [0, 0.1) is 5.92 Å². The van der Waals surface area contributed by atoms with Crippen LogP contribution >= 0.6 is 15.9 Å². The molecular weight excluding hydrogens is 362 g/mol. The van der Waals surface area contributed by atoms with Gasteiger partial charge < -0.3 is 14.4 Å². The third-order valence-corrected chi connectivity index (χ3v) is 4.30. The molecule has 1 heterocycles. The van der Waals surface area contributed by atoms with Crippen LogP contribution in [0.3, 0.4) is 0 Å². The number of halogens is 1. The molecule has 0 bridgehead atoms. The van der Waals surface area contributed by atoms with E-state index in [4.69, 9.17) is 9.47 Å². The van der Waals surface area contributed by atoms with Gasteiger partial charge in [0.05, 0.1) is 5.92 Å². The van der Waals surface area contributed by atoms with Crippen molar-refractivity contribution in [2.45, 2.75) is 26.2 Å². The lowest BCUT2D eigenvalue weighted by atomic mass is 9.98. The Balaban J connectivity index is 1.71. The van der Waals surface area contributed by atoms with Gasteiger partial charge in [-0.1, -0.05) is 28.9 Å². The summed E-state index contributed by atoms with van der Waals surface area (Å²) in [6.45, 7) is 3.57. The van der Waals surface area contributed by atoms with Crippen LogP contribution in [0.4, 0.5) is 0 Å². The molecule has 5 nitrogen and oxygen atoms in total.